The number of methoxy groups -OCH3 is 1. The topological polar surface area (TPSA) is 47.3 Å². The lowest BCUT2D eigenvalue weighted by molar-refractivity contribution is 0.411. The van der Waals surface area contributed by atoms with Crippen molar-refractivity contribution in [2.24, 2.45) is 11.7 Å². The first-order valence-corrected chi connectivity index (χ1v) is 7.17. The van der Waals surface area contributed by atoms with Crippen LogP contribution in [0.3, 0.4) is 0 Å². The van der Waals surface area contributed by atoms with Crippen molar-refractivity contribution in [1.29, 1.82) is 0 Å². The fourth-order valence-electron chi connectivity index (χ4n) is 2.27. The van der Waals surface area contributed by atoms with Crippen LogP contribution < -0.4 is 15.8 Å². The predicted molar refractivity (Wildman–Crippen MR) is 81.9 cm³/mol. The summed E-state index contributed by atoms with van der Waals surface area (Å²) in [5.74, 6) is 1.57. The van der Waals surface area contributed by atoms with Crippen LogP contribution in [-0.4, -0.2) is 26.7 Å². The molecule has 0 amide bonds. The molecule has 0 saturated carbocycles. The molecule has 0 fully saturated rings. The average molecular weight is 264 g/mol. The largest absolute Gasteiger partial charge is 0.496 e. The van der Waals surface area contributed by atoms with E-state index < -0.39 is 0 Å². The van der Waals surface area contributed by atoms with Crippen molar-refractivity contribution in [2.45, 2.75) is 33.6 Å². The van der Waals surface area contributed by atoms with Gasteiger partial charge in [0.2, 0.25) is 0 Å². The van der Waals surface area contributed by atoms with Gasteiger partial charge < -0.3 is 15.8 Å². The van der Waals surface area contributed by atoms with Gasteiger partial charge in [0.25, 0.3) is 0 Å². The molecule has 0 aromatic heterocycles. The Morgan fingerprint density at radius 1 is 1.26 bits per heavy atom. The quantitative estimate of drug-likeness (QED) is 0.709. The Kier molecular flexibility index (Phi) is 6.89. The fourth-order valence-corrected chi connectivity index (χ4v) is 2.27. The highest BCUT2D eigenvalue weighted by atomic mass is 16.5. The number of hydrogen-bond acceptors (Lipinski definition) is 3. The molecule has 0 aliphatic rings. The zero-order chi connectivity index (χ0) is 14.3. The number of hydrogen-bond donors (Lipinski definition) is 2. The number of rotatable bonds is 8. The predicted octanol–water partition coefficient (Wildman–Crippen LogP) is 2.43. The SMILES string of the molecule is CCC(CN)CNCCc1ccc(OC)c(C)c1C. The average Bonchev–Trinajstić information content (AvgIpc) is 2.43. The van der Waals surface area contributed by atoms with Crippen LogP contribution in [0, 0.1) is 19.8 Å². The summed E-state index contributed by atoms with van der Waals surface area (Å²) in [6.45, 7) is 9.26. The molecule has 0 aliphatic heterocycles. The summed E-state index contributed by atoms with van der Waals surface area (Å²) in [6.07, 6.45) is 2.20. The smallest absolute Gasteiger partial charge is 0.122 e. The minimum Gasteiger partial charge on any atom is -0.496 e. The van der Waals surface area contributed by atoms with Crippen LogP contribution in [0.2, 0.25) is 0 Å². The maximum Gasteiger partial charge on any atom is 0.122 e. The Bertz CT molecular complexity index is 387. The molecule has 3 N–H and O–H groups in total. The van der Waals surface area contributed by atoms with E-state index in [-0.39, 0.29) is 0 Å². The van der Waals surface area contributed by atoms with Gasteiger partial charge in [0, 0.05) is 0 Å². The molecular weight excluding hydrogens is 236 g/mol. The van der Waals surface area contributed by atoms with Gasteiger partial charge >= 0.3 is 0 Å². The standard InChI is InChI=1S/C16H28N2O/c1-5-14(10-17)11-18-9-8-15-6-7-16(19-4)13(3)12(15)2/h6-7,14,18H,5,8-11,17H2,1-4H3. The monoisotopic (exact) mass is 264 g/mol. The molecule has 19 heavy (non-hydrogen) atoms. The van der Waals surface area contributed by atoms with Crippen molar-refractivity contribution in [3.05, 3.63) is 28.8 Å². The molecule has 108 valence electrons. The molecule has 1 atom stereocenters. The summed E-state index contributed by atoms with van der Waals surface area (Å²) < 4.78 is 5.34. The van der Waals surface area contributed by atoms with Crippen molar-refractivity contribution in [2.75, 3.05) is 26.7 Å². The first kappa shape index (κ1) is 16.0. The second-order valence-electron chi connectivity index (χ2n) is 5.14. The third-order valence-corrected chi connectivity index (χ3v) is 3.98. The Labute approximate surface area is 117 Å². The first-order valence-electron chi connectivity index (χ1n) is 7.17. The number of nitrogens with one attached hydrogen (secondary N) is 1. The Morgan fingerprint density at radius 2 is 2.00 bits per heavy atom. The van der Waals surface area contributed by atoms with Crippen molar-refractivity contribution in [3.63, 3.8) is 0 Å². The second-order valence-corrected chi connectivity index (χ2v) is 5.14. The third-order valence-electron chi connectivity index (χ3n) is 3.98. The van der Waals surface area contributed by atoms with Crippen LogP contribution in [0.1, 0.15) is 30.0 Å². The lowest BCUT2D eigenvalue weighted by atomic mass is 10.00. The number of ether oxygens (including phenoxy) is 1. The van der Waals surface area contributed by atoms with E-state index in [0.29, 0.717) is 5.92 Å². The highest BCUT2D eigenvalue weighted by Crippen LogP contribution is 2.23. The van der Waals surface area contributed by atoms with Crippen LogP contribution in [0.5, 0.6) is 5.75 Å². The highest BCUT2D eigenvalue weighted by Gasteiger charge is 2.07. The lowest BCUT2D eigenvalue weighted by Gasteiger charge is -2.15. The molecule has 3 heteroatoms. The summed E-state index contributed by atoms with van der Waals surface area (Å²) >= 11 is 0. The van der Waals surface area contributed by atoms with E-state index in [2.05, 4.69) is 38.2 Å². The van der Waals surface area contributed by atoms with E-state index in [1.54, 1.807) is 7.11 Å². The van der Waals surface area contributed by atoms with Gasteiger partial charge in [-0.3, -0.25) is 0 Å². The Hall–Kier alpha value is -1.06. The Balaban J connectivity index is 2.48. The van der Waals surface area contributed by atoms with Crippen molar-refractivity contribution in [3.8, 4) is 5.75 Å². The molecule has 0 saturated heterocycles. The van der Waals surface area contributed by atoms with Crippen LogP contribution in [-0.2, 0) is 6.42 Å². The molecule has 3 nitrogen and oxygen atoms in total. The highest BCUT2D eigenvalue weighted by molar-refractivity contribution is 5.43. The summed E-state index contributed by atoms with van der Waals surface area (Å²) in [6, 6.07) is 4.23. The minimum absolute atomic E-state index is 0.596. The molecular formula is C16H28N2O. The molecule has 0 bridgehead atoms. The summed E-state index contributed by atoms with van der Waals surface area (Å²) in [5, 5.41) is 3.50. The van der Waals surface area contributed by atoms with Gasteiger partial charge in [0.1, 0.15) is 5.75 Å². The molecule has 1 aromatic rings. The summed E-state index contributed by atoms with van der Waals surface area (Å²) in [5.41, 5.74) is 9.68. The van der Waals surface area contributed by atoms with Gasteiger partial charge in [-0.15, -0.1) is 0 Å². The van der Waals surface area contributed by atoms with E-state index in [4.69, 9.17) is 10.5 Å². The van der Waals surface area contributed by atoms with Crippen molar-refractivity contribution in [1.82, 2.24) is 5.32 Å². The third kappa shape index (κ3) is 4.51. The zero-order valence-electron chi connectivity index (χ0n) is 12.8. The van der Waals surface area contributed by atoms with Crippen LogP contribution >= 0.6 is 0 Å². The van der Waals surface area contributed by atoms with Gasteiger partial charge in [-0.1, -0.05) is 19.4 Å². The maximum absolute atomic E-state index is 5.70. The molecule has 1 unspecified atom stereocenters. The van der Waals surface area contributed by atoms with E-state index in [1.807, 2.05) is 0 Å². The van der Waals surface area contributed by atoms with E-state index in [1.165, 1.54) is 16.7 Å². The normalized spacial score (nSPS) is 12.5. The molecule has 0 spiro atoms. The van der Waals surface area contributed by atoms with Gasteiger partial charge in [-0.2, -0.15) is 0 Å². The Morgan fingerprint density at radius 3 is 2.58 bits per heavy atom. The molecule has 0 aliphatic carbocycles. The summed E-state index contributed by atoms with van der Waals surface area (Å²) in [7, 11) is 1.72. The van der Waals surface area contributed by atoms with Crippen LogP contribution in [0.15, 0.2) is 12.1 Å². The van der Waals surface area contributed by atoms with E-state index in [0.717, 1.165) is 38.2 Å². The second kappa shape index (κ2) is 8.18. The molecule has 1 rings (SSSR count). The molecule has 1 aromatic carbocycles. The van der Waals surface area contributed by atoms with Crippen molar-refractivity contribution < 1.29 is 4.74 Å². The van der Waals surface area contributed by atoms with Crippen LogP contribution in [0.4, 0.5) is 0 Å². The zero-order valence-corrected chi connectivity index (χ0v) is 12.8. The number of nitrogens with two attached hydrogens (primary N) is 1. The molecule has 0 heterocycles. The van der Waals surface area contributed by atoms with Gasteiger partial charge in [0.05, 0.1) is 7.11 Å². The number of benzene rings is 1. The van der Waals surface area contributed by atoms with Gasteiger partial charge in [-0.25, -0.2) is 0 Å². The van der Waals surface area contributed by atoms with E-state index >= 15 is 0 Å². The minimum atomic E-state index is 0.596. The summed E-state index contributed by atoms with van der Waals surface area (Å²) in [4.78, 5) is 0. The van der Waals surface area contributed by atoms with Crippen LogP contribution in [0.25, 0.3) is 0 Å². The lowest BCUT2D eigenvalue weighted by Crippen LogP contribution is -2.29. The van der Waals surface area contributed by atoms with Crippen molar-refractivity contribution >= 4 is 0 Å². The van der Waals surface area contributed by atoms with Gasteiger partial charge in [0.15, 0.2) is 0 Å². The fraction of sp³-hybridized carbons (Fsp3) is 0.625. The molecule has 0 radical (unpaired) electrons. The van der Waals surface area contributed by atoms with E-state index in [9.17, 15) is 0 Å². The maximum atomic E-state index is 5.70. The first-order chi connectivity index (χ1) is 9.13. The van der Waals surface area contributed by atoms with Gasteiger partial charge in [-0.05, 0) is 68.6 Å².